The predicted octanol–water partition coefficient (Wildman–Crippen LogP) is 10.5. The lowest BCUT2D eigenvalue weighted by molar-refractivity contribution is -0.382. The standard InChI is InChI=1S/C31H33F9O3S2/c1-4-7-22-10-16-25(17-11-22)44(26-18-12-23(8-5-2)13-19-26,27-20-14-24(9-6-3)15-21-27)43-45(41,42)31(39,40)29(34,35)28(32,33)30(36,37)38/h10-21H,4-9H2,1-3H3. The first-order valence-corrected chi connectivity index (χ1v) is 17.0. The molecule has 0 aliphatic rings. The molecular weight excluding hydrogens is 655 g/mol. The molecule has 0 bridgehead atoms. The van der Waals surface area contributed by atoms with Crippen LogP contribution in [0.5, 0.6) is 0 Å². The van der Waals surface area contributed by atoms with E-state index in [-0.39, 0.29) is 14.7 Å². The van der Waals surface area contributed by atoms with Crippen LogP contribution in [0.2, 0.25) is 0 Å². The zero-order valence-electron chi connectivity index (χ0n) is 24.6. The molecule has 3 aromatic rings. The maximum Gasteiger partial charge on any atom is 0.460 e. The lowest BCUT2D eigenvalue weighted by Gasteiger charge is -2.41. The van der Waals surface area contributed by atoms with Gasteiger partial charge in [0.2, 0.25) is 0 Å². The van der Waals surface area contributed by atoms with Crippen LogP contribution in [0, 0.1) is 0 Å². The Kier molecular flexibility index (Phi) is 11.1. The van der Waals surface area contributed by atoms with Gasteiger partial charge in [-0.1, -0.05) is 76.4 Å². The SMILES string of the molecule is CCCc1ccc(S(OS(=O)(=O)C(F)(F)C(F)(F)C(F)(F)C(F)(F)F)(c2ccc(CCC)cc2)c2ccc(CCC)cc2)cc1. The van der Waals surface area contributed by atoms with Gasteiger partial charge in [-0.05, 0) is 82.7 Å². The highest BCUT2D eigenvalue weighted by atomic mass is 32.3. The molecule has 0 fully saturated rings. The minimum absolute atomic E-state index is 0.0980. The molecule has 0 N–H and O–H groups in total. The summed E-state index contributed by atoms with van der Waals surface area (Å²) in [5.74, 6) is -14.9. The van der Waals surface area contributed by atoms with Crippen LogP contribution in [0.3, 0.4) is 0 Å². The minimum atomic E-state index is -7.44. The highest BCUT2D eigenvalue weighted by Crippen LogP contribution is 2.71. The summed E-state index contributed by atoms with van der Waals surface area (Å²) in [4.78, 5) is -0.294. The number of aryl methyl sites for hydroxylation is 3. The zero-order chi connectivity index (χ0) is 33.9. The predicted molar refractivity (Wildman–Crippen MR) is 155 cm³/mol. The molecule has 0 spiro atoms. The number of rotatable bonds is 14. The summed E-state index contributed by atoms with van der Waals surface area (Å²) in [6.07, 6.45) is -3.40. The molecule has 0 atom stereocenters. The van der Waals surface area contributed by atoms with E-state index in [1.807, 2.05) is 20.8 Å². The molecule has 3 aromatic carbocycles. The summed E-state index contributed by atoms with van der Waals surface area (Å²) in [7, 11) is -11.3. The van der Waals surface area contributed by atoms with Gasteiger partial charge in [0.05, 0.1) is 0 Å². The van der Waals surface area contributed by atoms with Gasteiger partial charge < -0.3 is 0 Å². The first-order chi connectivity index (χ1) is 20.8. The van der Waals surface area contributed by atoms with Gasteiger partial charge in [-0.2, -0.15) is 47.9 Å². The van der Waals surface area contributed by atoms with Crippen molar-refractivity contribution < 1.29 is 51.6 Å². The van der Waals surface area contributed by atoms with Gasteiger partial charge in [-0.25, -0.2) is 3.63 Å². The largest absolute Gasteiger partial charge is 0.460 e. The third-order valence-corrected chi connectivity index (χ3v) is 12.2. The maximum absolute atomic E-state index is 15.1. The van der Waals surface area contributed by atoms with Crippen LogP contribution in [-0.2, 0) is 33.0 Å². The minimum Gasteiger partial charge on any atom is -0.202 e. The van der Waals surface area contributed by atoms with E-state index < -0.39 is 43.7 Å². The van der Waals surface area contributed by atoms with E-state index in [2.05, 4.69) is 0 Å². The zero-order valence-corrected chi connectivity index (χ0v) is 26.2. The quantitative estimate of drug-likeness (QED) is 0.158. The van der Waals surface area contributed by atoms with Crippen molar-refractivity contribution in [2.75, 3.05) is 0 Å². The fraction of sp³-hybridized carbons (Fsp3) is 0.419. The molecule has 250 valence electrons. The van der Waals surface area contributed by atoms with Gasteiger partial charge >= 0.3 is 33.4 Å². The average Bonchev–Trinajstić information content (AvgIpc) is 2.97. The van der Waals surface area contributed by atoms with Crippen LogP contribution in [0.4, 0.5) is 39.5 Å². The molecule has 0 unspecified atom stereocenters. The van der Waals surface area contributed by atoms with Crippen molar-refractivity contribution in [2.45, 2.75) is 97.3 Å². The number of benzene rings is 3. The van der Waals surface area contributed by atoms with E-state index in [9.17, 15) is 39.2 Å². The molecule has 14 heteroatoms. The topological polar surface area (TPSA) is 43.4 Å². The Bertz CT molecular complexity index is 1400. The molecule has 0 radical (unpaired) electrons. The summed E-state index contributed by atoms with van der Waals surface area (Å²) in [6, 6.07) is 17.3. The van der Waals surface area contributed by atoms with Crippen LogP contribution >= 0.6 is 10.3 Å². The first kappa shape index (κ1) is 36.8. The molecule has 3 rings (SSSR count). The molecule has 3 nitrogen and oxygen atoms in total. The molecule has 0 aliphatic heterocycles. The lowest BCUT2D eigenvalue weighted by atomic mass is 10.1. The summed E-state index contributed by atoms with van der Waals surface area (Å²) >= 11 is 0. The summed E-state index contributed by atoms with van der Waals surface area (Å²) in [5, 5.41) is -7.02. The number of hydrogen-bond acceptors (Lipinski definition) is 3. The number of alkyl halides is 9. The summed E-state index contributed by atoms with van der Waals surface area (Å²) in [6.45, 7) is 5.65. The van der Waals surface area contributed by atoms with Crippen LogP contribution < -0.4 is 0 Å². The fourth-order valence-electron chi connectivity index (χ4n) is 4.63. The van der Waals surface area contributed by atoms with E-state index >= 15 is 8.78 Å². The van der Waals surface area contributed by atoms with Gasteiger partial charge in [-0.3, -0.25) is 0 Å². The monoisotopic (exact) mass is 688 g/mol. The van der Waals surface area contributed by atoms with E-state index in [1.54, 1.807) is 0 Å². The molecule has 0 amide bonds. The Balaban J connectivity index is 2.40. The third-order valence-electron chi connectivity index (χ3n) is 7.00. The van der Waals surface area contributed by atoms with E-state index in [0.29, 0.717) is 38.5 Å². The van der Waals surface area contributed by atoms with Gasteiger partial charge in [0.1, 0.15) is 0 Å². The van der Waals surface area contributed by atoms with Crippen LogP contribution in [0.15, 0.2) is 87.5 Å². The second-order valence-corrected chi connectivity index (χ2v) is 14.9. The van der Waals surface area contributed by atoms with Crippen molar-refractivity contribution in [2.24, 2.45) is 0 Å². The second-order valence-electron chi connectivity index (χ2n) is 10.4. The average molecular weight is 689 g/mol. The molecular formula is C31H33F9O3S2. The Morgan fingerprint density at radius 3 is 1.04 bits per heavy atom. The molecule has 45 heavy (non-hydrogen) atoms. The Morgan fingerprint density at radius 2 is 0.800 bits per heavy atom. The molecule has 0 saturated carbocycles. The number of halogens is 9. The van der Waals surface area contributed by atoms with Crippen molar-refractivity contribution in [3.8, 4) is 0 Å². The lowest BCUT2D eigenvalue weighted by Crippen LogP contribution is -2.63. The smallest absolute Gasteiger partial charge is 0.202 e. The van der Waals surface area contributed by atoms with E-state index in [1.165, 1.54) is 72.8 Å². The molecule has 0 aliphatic carbocycles. The summed E-state index contributed by atoms with van der Waals surface area (Å²) < 4.78 is 157. The molecule has 0 heterocycles. The molecule has 0 saturated heterocycles. The van der Waals surface area contributed by atoms with Crippen LogP contribution in [0.25, 0.3) is 0 Å². The van der Waals surface area contributed by atoms with E-state index in [4.69, 9.17) is 3.63 Å². The highest BCUT2D eigenvalue weighted by Gasteiger charge is 2.86. The first-order valence-electron chi connectivity index (χ1n) is 14.1. The fourth-order valence-corrected chi connectivity index (χ4v) is 9.81. The second kappa shape index (κ2) is 13.6. The number of hydrogen-bond donors (Lipinski definition) is 0. The van der Waals surface area contributed by atoms with Crippen molar-refractivity contribution in [3.63, 3.8) is 0 Å². The van der Waals surface area contributed by atoms with Gasteiger partial charge in [0, 0.05) is 14.7 Å². The maximum atomic E-state index is 15.1. The Labute approximate surface area is 258 Å². The van der Waals surface area contributed by atoms with Crippen molar-refractivity contribution in [1.29, 1.82) is 0 Å². The third kappa shape index (κ3) is 6.87. The van der Waals surface area contributed by atoms with Crippen LogP contribution in [0.1, 0.15) is 56.7 Å². The normalized spacial score (nSPS) is 14.0. The van der Waals surface area contributed by atoms with Crippen LogP contribution in [-0.4, -0.2) is 31.7 Å². The summed E-state index contributed by atoms with van der Waals surface area (Å²) in [5.41, 5.74) is 2.24. The Morgan fingerprint density at radius 1 is 0.511 bits per heavy atom. The van der Waals surface area contributed by atoms with Gasteiger partial charge in [-0.15, -0.1) is 0 Å². The van der Waals surface area contributed by atoms with Crippen molar-refractivity contribution in [3.05, 3.63) is 89.5 Å². The van der Waals surface area contributed by atoms with Crippen molar-refractivity contribution in [1.82, 2.24) is 0 Å². The van der Waals surface area contributed by atoms with Gasteiger partial charge in [0.25, 0.3) is 0 Å². The van der Waals surface area contributed by atoms with Gasteiger partial charge in [0.15, 0.2) is 0 Å². The van der Waals surface area contributed by atoms with E-state index in [0.717, 1.165) is 16.7 Å². The van der Waals surface area contributed by atoms with Crippen molar-refractivity contribution >= 4 is 20.4 Å². The molecule has 0 aromatic heterocycles. The Hall–Kier alpha value is -2.71. The highest BCUT2D eigenvalue weighted by molar-refractivity contribution is 8.33.